The molecular formula is C12H19NO. The number of rotatable bonds is 3. The second-order valence-electron chi connectivity index (χ2n) is 4.46. The molecule has 0 aromatic carbocycles. The van der Waals surface area contributed by atoms with Crippen molar-refractivity contribution in [1.29, 1.82) is 0 Å². The Morgan fingerprint density at radius 2 is 2.36 bits per heavy atom. The molecule has 1 aromatic heterocycles. The van der Waals surface area contributed by atoms with Gasteiger partial charge in [-0.05, 0) is 31.7 Å². The first-order chi connectivity index (χ1) is 6.77. The fourth-order valence-electron chi connectivity index (χ4n) is 2.33. The molecule has 1 aliphatic carbocycles. The van der Waals surface area contributed by atoms with Gasteiger partial charge in [-0.3, -0.25) is 0 Å². The van der Waals surface area contributed by atoms with Crippen LogP contribution in [0.2, 0.25) is 0 Å². The van der Waals surface area contributed by atoms with Gasteiger partial charge in [0.2, 0.25) is 0 Å². The van der Waals surface area contributed by atoms with Crippen molar-refractivity contribution in [1.82, 2.24) is 5.32 Å². The summed E-state index contributed by atoms with van der Waals surface area (Å²) in [6.45, 7) is 4.54. The third kappa shape index (κ3) is 2.01. The van der Waals surface area contributed by atoms with Crippen molar-refractivity contribution < 1.29 is 4.42 Å². The summed E-state index contributed by atoms with van der Waals surface area (Å²) in [6.07, 6.45) is 7.64. The summed E-state index contributed by atoms with van der Waals surface area (Å²) in [7, 11) is 0. The van der Waals surface area contributed by atoms with Crippen LogP contribution in [-0.2, 0) is 0 Å². The fraction of sp³-hybridized carbons (Fsp3) is 0.667. The van der Waals surface area contributed by atoms with Gasteiger partial charge in [0.25, 0.3) is 0 Å². The van der Waals surface area contributed by atoms with E-state index in [4.69, 9.17) is 4.42 Å². The zero-order chi connectivity index (χ0) is 9.97. The van der Waals surface area contributed by atoms with Gasteiger partial charge in [0.05, 0.1) is 12.5 Å². The maximum absolute atomic E-state index is 5.09. The predicted octanol–water partition coefficient (Wildman–Crippen LogP) is 3.12. The molecule has 1 aliphatic rings. The summed E-state index contributed by atoms with van der Waals surface area (Å²) >= 11 is 0. The monoisotopic (exact) mass is 193 g/mol. The van der Waals surface area contributed by atoms with Crippen LogP contribution in [-0.4, -0.2) is 6.04 Å². The van der Waals surface area contributed by atoms with Crippen LogP contribution in [0.3, 0.4) is 0 Å². The van der Waals surface area contributed by atoms with Crippen LogP contribution in [0.15, 0.2) is 23.0 Å². The third-order valence-corrected chi connectivity index (χ3v) is 3.37. The summed E-state index contributed by atoms with van der Waals surface area (Å²) in [4.78, 5) is 0. The number of hydrogen-bond donors (Lipinski definition) is 1. The molecule has 1 heterocycles. The smallest absolute Gasteiger partial charge is 0.0950 e. The molecule has 2 heteroatoms. The Balaban J connectivity index is 1.91. The Kier molecular flexibility index (Phi) is 2.92. The van der Waals surface area contributed by atoms with Crippen molar-refractivity contribution in [2.75, 3.05) is 0 Å². The van der Waals surface area contributed by atoms with Crippen LogP contribution in [0, 0.1) is 5.92 Å². The van der Waals surface area contributed by atoms with Crippen molar-refractivity contribution in [2.24, 2.45) is 5.92 Å². The molecule has 0 aliphatic heterocycles. The van der Waals surface area contributed by atoms with Crippen molar-refractivity contribution >= 4 is 0 Å². The maximum atomic E-state index is 5.09. The lowest BCUT2D eigenvalue weighted by molar-refractivity contribution is 0.387. The van der Waals surface area contributed by atoms with Crippen LogP contribution in [0.5, 0.6) is 0 Å². The van der Waals surface area contributed by atoms with E-state index in [9.17, 15) is 0 Å². The van der Waals surface area contributed by atoms with E-state index < -0.39 is 0 Å². The minimum Gasteiger partial charge on any atom is -0.472 e. The molecular weight excluding hydrogens is 174 g/mol. The van der Waals surface area contributed by atoms with Gasteiger partial charge in [0.15, 0.2) is 0 Å². The Hall–Kier alpha value is -0.760. The third-order valence-electron chi connectivity index (χ3n) is 3.37. The van der Waals surface area contributed by atoms with Gasteiger partial charge >= 0.3 is 0 Å². The van der Waals surface area contributed by atoms with Crippen molar-refractivity contribution in [2.45, 2.75) is 45.2 Å². The molecule has 2 nitrogen and oxygen atoms in total. The van der Waals surface area contributed by atoms with Crippen LogP contribution in [0.4, 0.5) is 0 Å². The molecule has 3 unspecified atom stereocenters. The van der Waals surface area contributed by atoms with Gasteiger partial charge in [-0.15, -0.1) is 0 Å². The quantitative estimate of drug-likeness (QED) is 0.798. The van der Waals surface area contributed by atoms with E-state index in [0.29, 0.717) is 12.1 Å². The molecule has 0 spiro atoms. The first kappa shape index (κ1) is 9.78. The summed E-state index contributed by atoms with van der Waals surface area (Å²) in [5, 5.41) is 3.67. The molecule has 78 valence electrons. The zero-order valence-corrected chi connectivity index (χ0v) is 8.99. The van der Waals surface area contributed by atoms with E-state index in [1.807, 2.05) is 12.3 Å². The predicted molar refractivity (Wildman–Crippen MR) is 57.1 cm³/mol. The van der Waals surface area contributed by atoms with E-state index >= 15 is 0 Å². The Labute approximate surface area is 85.7 Å². The van der Waals surface area contributed by atoms with Crippen LogP contribution >= 0.6 is 0 Å². The first-order valence-corrected chi connectivity index (χ1v) is 5.55. The first-order valence-electron chi connectivity index (χ1n) is 5.55. The van der Waals surface area contributed by atoms with E-state index in [1.165, 1.54) is 24.8 Å². The normalized spacial score (nSPS) is 29.3. The minimum absolute atomic E-state index is 0.416. The molecule has 0 amide bonds. The van der Waals surface area contributed by atoms with E-state index in [2.05, 4.69) is 19.2 Å². The maximum Gasteiger partial charge on any atom is 0.0950 e. The average Bonchev–Trinajstić information content (AvgIpc) is 2.77. The fourth-order valence-corrected chi connectivity index (χ4v) is 2.33. The molecule has 1 saturated carbocycles. The molecule has 2 rings (SSSR count). The SMILES string of the molecule is CC(NC1CCCC1C)c1ccoc1. The molecule has 3 atom stereocenters. The Morgan fingerprint density at radius 3 is 2.93 bits per heavy atom. The lowest BCUT2D eigenvalue weighted by Crippen LogP contribution is -2.33. The molecule has 0 bridgehead atoms. The Bertz CT molecular complexity index is 268. The summed E-state index contributed by atoms with van der Waals surface area (Å²) in [5.41, 5.74) is 1.25. The lowest BCUT2D eigenvalue weighted by atomic mass is 10.0. The molecule has 14 heavy (non-hydrogen) atoms. The zero-order valence-electron chi connectivity index (χ0n) is 8.99. The molecule has 1 N–H and O–H groups in total. The van der Waals surface area contributed by atoms with E-state index in [-0.39, 0.29) is 0 Å². The largest absolute Gasteiger partial charge is 0.472 e. The van der Waals surface area contributed by atoms with E-state index in [0.717, 1.165) is 5.92 Å². The van der Waals surface area contributed by atoms with Gasteiger partial charge in [-0.25, -0.2) is 0 Å². The van der Waals surface area contributed by atoms with Crippen molar-refractivity contribution in [3.63, 3.8) is 0 Å². The van der Waals surface area contributed by atoms with Crippen LogP contribution in [0.1, 0.15) is 44.7 Å². The topological polar surface area (TPSA) is 25.2 Å². The van der Waals surface area contributed by atoms with Gasteiger partial charge in [0, 0.05) is 17.6 Å². The van der Waals surface area contributed by atoms with Gasteiger partial charge in [0.1, 0.15) is 0 Å². The average molecular weight is 193 g/mol. The number of furan rings is 1. The van der Waals surface area contributed by atoms with Gasteiger partial charge in [-0.2, -0.15) is 0 Å². The molecule has 0 radical (unpaired) electrons. The summed E-state index contributed by atoms with van der Waals surface area (Å²) in [5.74, 6) is 0.823. The second kappa shape index (κ2) is 4.18. The van der Waals surface area contributed by atoms with Gasteiger partial charge in [-0.1, -0.05) is 13.3 Å². The molecule has 1 aromatic rings. The van der Waals surface area contributed by atoms with Crippen molar-refractivity contribution in [3.05, 3.63) is 24.2 Å². The minimum atomic E-state index is 0.416. The van der Waals surface area contributed by atoms with Crippen molar-refractivity contribution in [3.8, 4) is 0 Å². The lowest BCUT2D eigenvalue weighted by Gasteiger charge is -2.21. The van der Waals surface area contributed by atoms with E-state index in [1.54, 1.807) is 6.26 Å². The molecule has 0 saturated heterocycles. The van der Waals surface area contributed by atoms with Crippen LogP contribution < -0.4 is 5.32 Å². The number of nitrogens with one attached hydrogen (secondary N) is 1. The highest BCUT2D eigenvalue weighted by Gasteiger charge is 2.24. The van der Waals surface area contributed by atoms with Crippen LogP contribution in [0.25, 0.3) is 0 Å². The highest BCUT2D eigenvalue weighted by atomic mass is 16.3. The summed E-state index contributed by atoms with van der Waals surface area (Å²) in [6, 6.07) is 3.15. The highest BCUT2D eigenvalue weighted by molar-refractivity contribution is 5.10. The summed E-state index contributed by atoms with van der Waals surface area (Å²) < 4.78 is 5.09. The highest BCUT2D eigenvalue weighted by Crippen LogP contribution is 2.27. The second-order valence-corrected chi connectivity index (χ2v) is 4.46. The van der Waals surface area contributed by atoms with Gasteiger partial charge < -0.3 is 9.73 Å². The standard InChI is InChI=1S/C12H19NO/c1-9-4-3-5-12(9)13-10(2)11-6-7-14-8-11/h6-10,12-13H,3-5H2,1-2H3. The number of hydrogen-bond acceptors (Lipinski definition) is 2. The molecule has 1 fully saturated rings. The Morgan fingerprint density at radius 1 is 1.50 bits per heavy atom.